The van der Waals surface area contributed by atoms with Gasteiger partial charge in [-0.2, -0.15) is 0 Å². The van der Waals surface area contributed by atoms with Crippen LogP contribution in [0.5, 0.6) is 0 Å². The molecule has 1 fully saturated rings. The number of anilines is 1. The number of nitrogens with zero attached hydrogens (tertiary/aromatic N) is 5. The molecule has 3 aromatic heterocycles. The third kappa shape index (κ3) is 2.19. The smallest absolute Gasteiger partial charge is 0.272 e. The third-order valence-corrected chi connectivity index (χ3v) is 5.48. The maximum atomic E-state index is 12.8. The standard InChI is InChI=1S/C14H15N5OS2/c1-10-11(19-7-9-22-14(19)16-10)12(20)17-3-5-18(6-4-17)13-15-2-8-21-13/h2,7-9H,3-6H2,1H3. The van der Waals surface area contributed by atoms with Gasteiger partial charge in [0.25, 0.3) is 5.91 Å². The van der Waals surface area contributed by atoms with Crippen LogP contribution in [0.3, 0.4) is 0 Å². The summed E-state index contributed by atoms with van der Waals surface area (Å²) in [4.78, 5) is 26.6. The van der Waals surface area contributed by atoms with E-state index in [-0.39, 0.29) is 5.91 Å². The molecular formula is C14H15N5OS2. The molecule has 0 N–H and O–H groups in total. The van der Waals surface area contributed by atoms with Crippen LogP contribution in [0.15, 0.2) is 23.2 Å². The number of imidazole rings is 1. The van der Waals surface area contributed by atoms with Crippen LogP contribution >= 0.6 is 22.7 Å². The molecule has 3 aromatic rings. The maximum absolute atomic E-state index is 12.8. The monoisotopic (exact) mass is 333 g/mol. The van der Waals surface area contributed by atoms with Gasteiger partial charge in [-0.15, -0.1) is 22.7 Å². The molecule has 22 heavy (non-hydrogen) atoms. The van der Waals surface area contributed by atoms with E-state index >= 15 is 0 Å². The lowest BCUT2D eigenvalue weighted by molar-refractivity contribution is 0.0739. The number of carbonyl (C=O) groups is 1. The number of aromatic nitrogens is 3. The first-order valence-electron chi connectivity index (χ1n) is 7.10. The average Bonchev–Trinajstić information content (AvgIpc) is 3.23. The Kier molecular flexibility index (Phi) is 3.34. The van der Waals surface area contributed by atoms with Gasteiger partial charge in [0, 0.05) is 49.3 Å². The lowest BCUT2D eigenvalue weighted by Gasteiger charge is -2.34. The van der Waals surface area contributed by atoms with E-state index in [2.05, 4.69) is 14.9 Å². The van der Waals surface area contributed by atoms with Gasteiger partial charge in [0.05, 0.1) is 5.69 Å². The number of amides is 1. The molecule has 1 amide bonds. The number of aryl methyl sites for hydroxylation is 1. The van der Waals surface area contributed by atoms with Crippen LogP contribution in [0, 0.1) is 6.92 Å². The van der Waals surface area contributed by atoms with Gasteiger partial charge in [0.15, 0.2) is 10.1 Å². The second kappa shape index (κ2) is 5.36. The molecule has 1 aliphatic heterocycles. The molecule has 8 heteroatoms. The highest BCUT2D eigenvalue weighted by atomic mass is 32.1. The van der Waals surface area contributed by atoms with E-state index in [0.717, 1.165) is 42.0 Å². The lowest BCUT2D eigenvalue weighted by Crippen LogP contribution is -2.49. The molecule has 0 saturated carbocycles. The zero-order valence-electron chi connectivity index (χ0n) is 12.1. The highest BCUT2D eigenvalue weighted by Crippen LogP contribution is 2.22. The fraction of sp³-hybridized carbons (Fsp3) is 0.357. The zero-order valence-corrected chi connectivity index (χ0v) is 13.7. The predicted octanol–water partition coefficient (Wildman–Crippen LogP) is 2.12. The summed E-state index contributed by atoms with van der Waals surface area (Å²) in [6.45, 7) is 4.98. The highest BCUT2D eigenvalue weighted by Gasteiger charge is 2.27. The Morgan fingerprint density at radius 2 is 2.00 bits per heavy atom. The third-order valence-electron chi connectivity index (χ3n) is 3.90. The molecule has 0 aliphatic carbocycles. The molecule has 6 nitrogen and oxygen atoms in total. The van der Waals surface area contributed by atoms with Crippen LogP contribution in [-0.2, 0) is 0 Å². The SMILES string of the molecule is Cc1nc2sccn2c1C(=O)N1CCN(c2nccs2)CC1. The quantitative estimate of drug-likeness (QED) is 0.721. The first-order valence-corrected chi connectivity index (χ1v) is 8.86. The van der Waals surface area contributed by atoms with Gasteiger partial charge in [0.2, 0.25) is 0 Å². The van der Waals surface area contributed by atoms with Crippen molar-refractivity contribution in [2.24, 2.45) is 0 Å². The molecule has 0 bridgehead atoms. The van der Waals surface area contributed by atoms with Gasteiger partial charge in [-0.3, -0.25) is 9.20 Å². The van der Waals surface area contributed by atoms with Crippen LogP contribution in [0.2, 0.25) is 0 Å². The minimum atomic E-state index is 0.0715. The number of rotatable bonds is 2. The van der Waals surface area contributed by atoms with Crippen molar-refractivity contribution < 1.29 is 4.79 Å². The molecule has 1 saturated heterocycles. The Labute approximate surface area is 135 Å². The number of thiazole rings is 2. The molecule has 4 rings (SSSR count). The van der Waals surface area contributed by atoms with Crippen LogP contribution in [-0.4, -0.2) is 51.4 Å². The summed E-state index contributed by atoms with van der Waals surface area (Å²) in [7, 11) is 0. The molecule has 0 aromatic carbocycles. The van der Waals surface area contributed by atoms with E-state index in [4.69, 9.17) is 0 Å². The van der Waals surface area contributed by atoms with Gasteiger partial charge >= 0.3 is 0 Å². The Bertz CT molecular complexity index is 799. The summed E-state index contributed by atoms with van der Waals surface area (Å²) in [6, 6.07) is 0. The van der Waals surface area contributed by atoms with Gasteiger partial charge in [-0.1, -0.05) is 0 Å². The second-order valence-electron chi connectivity index (χ2n) is 5.20. The van der Waals surface area contributed by atoms with E-state index in [1.165, 1.54) is 0 Å². The van der Waals surface area contributed by atoms with Gasteiger partial charge in [0.1, 0.15) is 5.69 Å². The summed E-state index contributed by atoms with van der Waals surface area (Å²) in [5, 5.41) is 4.97. The van der Waals surface area contributed by atoms with Crippen molar-refractivity contribution in [3.63, 3.8) is 0 Å². The van der Waals surface area contributed by atoms with Crippen molar-refractivity contribution in [3.8, 4) is 0 Å². The van der Waals surface area contributed by atoms with Gasteiger partial charge in [-0.05, 0) is 6.92 Å². The zero-order chi connectivity index (χ0) is 15.1. The van der Waals surface area contributed by atoms with Gasteiger partial charge in [-0.25, -0.2) is 9.97 Å². The van der Waals surface area contributed by atoms with Crippen molar-refractivity contribution in [1.82, 2.24) is 19.3 Å². The normalized spacial score (nSPS) is 15.7. The van der Waals surface area contributed by atoms with E-state index in [1.807, 2.05) is 39.4 Å². The molecule has 0 unspecified atom stereocenters. The Hall–Kier alpha value is -1.93. The van der Waals surface area contributed by atoms with Crippen LogP contribution in [0.1, 0.15) is 16.2 Å². The first kappa shape index (κ1) is 13.7. The molecule has 4 heterocycles. The number of piperazine rings is 1. The number of fused-ring (bicyclic) bond motifs is 1. The molecule has 0 radical (unpaired) electrons. The van der Waals surface area contributed by atoms with E-state index in [0.29, 0.717) is 5.69 Å². The van der Waals surface area contributed by atoms with Crippen LogP contribution in [0.4, 0.5) is 5.13 Å². The van der Waals surface area contributed by atoms with Crippen molar-refractivity contribution >= 4 is 38.7 Å². The minimum Gasteiger partial charge on any atom is -0.345 e. The van der Waals surface area contributed by atoms with Crippen molar-refractivity contribution in [2.75, 3.05) is 31.1 Å². The first-order chi connectivity index (χ1) is 10.7. The molecule has 114 valence electrons. The summed E-state index contributed by atoms with van der Waals surface area (Å²) in [6.07, 6.45) is 3.74. The fourth-order valence-electron chi connectivity index (χ4n) is 2.77. The van der Waals surface area contributed by atoms with E-state index in [9.17, 15) is 4.79 Å². The van der Waals surface area contributed by atoms with Crippen LogP contribution < -0.4 is 4.90 Å². The average molecular weight is 333 g/mol. The number of carbonyl (C=O) groups excluding carboxylic acids is 1. The predicted molar refractivity (Wildman–Crippen MR) is 88.0 cm³/mol. The highest BCUT2D eigenvalue weighted by molar-refractivity contribution is 7.15. The van der Waals surface area contributed by atoms with E-state index < -0.39 is 0 Å². The number of hydrogen-bond acceptors (Lipinski definition) is 6. The Balaban J connectivity index is 1.52. The van der Waals surface area contributed by atoms with Crippen molar-refractivity contribution in [1.29, 1.82) is 0 Å². The molecule has 0 atom stereocenters. The number of hydrogen-bond donors (Lipinski definition) is 0. The van der Waals surface area contributed by atoms with E-state index in [1.54, 1.807) is 22.7 Å². The lowest BCUT2D eigenvalue weighted by atomic mass is 10.2. The maximum Gasteiger partial charge on any atom is 0.272 e. The van der Waals surface area contributed by atoms with Gasteiger partial charge < -0.3 is 9.80 Å². The molecule has 0 spiro atoms. The fourth-order valence-corrected chi connectivity index (χ4v) is 4.23. The topological polar surface area (TPSA) is 53.7 Å². The Morgan fingerprint density at radius 3 is 2.73 bits per heavy atom. The minimum absolute atomic E-state index is 0.0715. The Morgan fingerprint density at radius 1 is 1.18 bits per heavy atom. The summed E-state index contributed by atoms with van der Waals surface area (Å²) in [5.41, 5.74) is 1.50. The molecular weight excluding hydrogens is 318 g/mol. The molecule has 1 aliphatic rings. The largest absolute Gasteiger partial charge is 0.345 e. The summed E-state index contributed by atoms with van der Waals surface area (Å²) >= 11 is 3.19. The second-order valence-corrected chi connectivity index (χ2v) is 6.94. The van der Waals surface area contributed by atoms with Crippen LogP contribution in [0.25, 0.3) is 4.96 Å². The summed E-state index contributed by atoms with van der Waals surface area (Å²) in [5.74, 6) is 0.0715. The van der Waals surface area contributed by atoms with Crippen molar-refractivity contribution in [2.45, 2.75) is 6.92 Å². The summed E-state index contributed by atoms with van der Waals surface area (Å²) < 4.78 is 1.90. The van der Waals surface area contributed by atoms with Crippen molar-refractivity contribution in [3.05, 3.63) is 34.5 Å².